The molecule has 0 radical (unpaired) electrons. The first-order valence-corrected chi connectivity index (χ1v) is 5.84. The molecule has 0 saturated heterocycles. The van der Waals surface area contributed by atoms with E-state index in [1.54, 1.807) is 25.4 Å². The third-order valence-corrected chi connectivity index (χ3v) is 2.82. The minimum atomic E-state index is -0.447. The molecule has 0 aliphatic rings. The maximum atomic E-state index is 12.2. The molecule has 1 heterocycles. The third kappa shape index (κ3) is 3.23. The summed E-state index contributed by atoms with van der Waals surface area (Å²) in [7, 11) is 1.68. The standard InChI is InChI=1S/C12H17N3OS/c1-8(2)10(11(13)17)12(16)15(3)9-6-4-5-7-14-9/h4-8,10H,1-3H3,(H2,13,17). The lowest BCUT2D eigenvalue weighted by atomic mass is 9.94. The highest BCUT2D eigenvalue weighted by Crippen LogP contribution is 2.17. The van der Waals surface area contributed by atoms with Gasteiger partial charge in [-0.25, -0.2) is 4.98 Å². The van der Waals surface area contributed by atoms with Crippen molar-refractivity contribution >= 4 is 28.9 Å². The van der Waals surface area contributed by atoms with Gasteiger partial charge in [-0.2, -0.15) is 0 Å². The first kappa shape index (κ1) is 13.6. The van der Waals surface area contributed by atoms with Crippen molar-refractivity contribution in [2.24, 2.45) is 17.6 Å². The van der Waals surface area contributed by atoms with Crippen molar-refractivity contribution in [3.8, 4) is 0 Å². The lowest BCUT2D eigenvalue weighted by Gasteiger charge is -2.24. The van der Waals surface area contributed by atoms with E-state index in [9.17, 15) is 4.79 Å². The van der Waals surface area contributed by atoms with E-state index in [4.69, 9.17) is 18.0 Å². The topological polar surface area (TPSA) is 59.2 Å². The van der Waals surface area contributed by atoms with Crippen molar-refractivity contribution in [2.75, 3.05) is 11.9 Å². The molecule has 1 atom stereocenters. The first-order chi connectivity index (χ1) is 7.95. The Kier molecular flexibility index (Phi) is 4.57. The van der Waals surface area contributed by atoms with E-state index in [0.29, 0.717) is 5.82 Å². The van der Waals surface area contributed by atoms with Gasteiger partial charge in [-0.05, 0) is 18.1 Å². The Morgan fingerprint density at radius 2 is 2.12 bits per heavy atom. The van der Waals surface area contributed by atoms with Gasteiger partial charge in [0.15, 0.2) is 0 Å². The van der Waals surface area contributed by atoms with E-state index in [1.165, 1.54) is 4.90 Å². The summed E-state index contributed by atoms with van der Waals surface area (Å²) in [6, 6.07) is 5.40. The van der Waals surface area contributed by atoms with E-state index >= 15 is 0 Å². The maximum Gasteiger partial charge on any atom is 0.238 e. The maximum absolute atomic E-state index is 12.2. The van der Waals surface area contributed by atoms with Gasteiger partial charge in [-0.1, -0.05) is 32.1 Å². The number of nitrogens with two attached hydrogens (primary N) is 1. The number of nitrogens with zero attached hydrogens (tertiary/aromatic N) is 2. The normalized spacial score (nSPS) is 12.2. The number of anilines is 1. The molecule has 17 heavy (non-hydrogen) atoms. The van der Waals surface area contributed by atoms with Crippen molar-refractivity contribution in [2.45, 2.75) is 13.8 Å². The zero-order chi connectivity index (χ0) is 13.0. The van der Waals surface area contributed by atoms with Gasteiger partial charge in [0.2, 0.25) is 5.91 Å². The van der Waals surface area contributed by atoms with Gasteiger partial charge < -0.3 is 5.73 Å². The summed E-state index contributed by atoms with van der Waals surface area (Å²) in [4.78, 5) is 18.1. The zero-order valence-corrected chi connectivity index (χ0v) is 11.1. The summed E-state index contributed by atoms with van der Waals surface area (Å²) in [5.74, 6) is 0.105. The molecule has 0 aromatic carbocycles. The van der Waals surface area contributed by atoms with E-state index in [1.807, 2.05) is 19.9 Å². The smallest absolute Gasteiger partial charge is 0.238 e. The molecule has 1 amide bonds. The SMILES string of the molecule is CC(C)C(C(=O)N(C)c1ccccn1)C(N)=S. The molecule has 1 aromatic rings. The number of hydrogen-bond acceptors (Lipinski definition) is 3. The lowest BCUT2D eigenvalue weighted by molar-refractivity contribution is -0.121. The number of carbonyl (C=O) groups is 1. The number of pyridine rings is 1. The molecule has 0 aliphatic heterocycles. The molecule has 5 heteroatoms. The van der Waals surface area contributed by atoms with Crippen LogP contribution in [0.4, 0.5) is 5.82 Å². The number of aromatic nitrogens is 1. The molecule has 0 fully saturated rings. The van der Waals surface area contributed by atoms with Gasteiger partial charge in [0.1, 0.15) is 5.82 Å². The van der Waals surface area contributed by atoms with Crippen molar-refractivity contribution in [3.63, 3.8) is 0 Å². The zero-order valence-electron chi connectivity index (χ0n) is 10.3. The van der Waals surface area contributed by atoms with Crippen molar-refractivity contribution in [3.05, 3.63) is 24.4 Å². The van der Waals surface area contributed by atoms with Gasteiger partial charge in [0.25, 0.3) is 0 Å². The highest BCUT2D eigenvalue weighted by Gasteiger charge is 2.28. The van der Waals surface area contributed by atoms with Crippen LogP contribution in [0.2, 0.25) is 0 Å². The second-order valence-corrected chi connectivity index (χ2v) is 4.68. The van der Waals surface area contributed by atoms with E-state index in [-0.39, 0.29) is 16.8 Å². The number of hydrogen-bond donors (Lipinski definition) is 1. The monoisotopic (exact) mass is 251 g/mol. The number of amides is 1. The summed E-state index contributed by atoms with van der Waals surface area (Å²) in [5, 5.41) is 0. The average molecular weight is 251 g/mol. The largest absolute Gasteiger partial charge is 0.393 e. The van der Waals surface area contributed by atoms with Gasteiger partial charge >= 0.3 is 0 Å². The second kappa shape index (κ2) is 5.72. The predicted molar refractivity (Wildman–Crippen MR) is 72.8 cm³/mol. The number of thiocarbonyl (C=S) groups is 1. The Morgan fingerprint density at radius 3 is 2.53 bits per heavy atom. The molecule has 0 aliphatic carbocycles. The predicted octanol–water partition coefficient (Wildman–Crippen LogP) is 1.60. The Labute approximate surface area is 107 Å². The van der Waals surface area contributed by atoms with Crippen LogP contribution in [0.3, 0.4) is 0 Å². The van der Waals surface area contributed by atoms with Crippen LogP contribution in [0.5, 0.6) is 0 Å². The van der Waals surface area contributed by atoms with Crippen molar-refractivity contribution in [1.82, 2.24) is 4.98 Å². The summed E-state index contributed by atoms with van der Waals surface area (Å²) < 4.78 is 0. The third-order valence-electron chi connectivity index (χ3n) is 2.56. The van der Waals surface area contributed by atoms with Gasteiger partial charge in [0, 0.05) is 13.2 Å². The van der Waals surface area contributed by atoms with E-state index in [0.717, 1.165) is 0 Å². The van der Waals surface area contributed by atoms with Crippen LogP contribution in [0.25, 0.3) is 0 Å². The van der Waals surface area contributed by atoms with Crippen LogP contribution < -0.4 is 10.6 Å². The first-order valence-electron chi connectivity index (χ1n) is 5.43. The van der Waals surface area contributed by atoms with Crippen LogP contribution in [0, 0.1) is 11.8 Å². The molecule has 0 spiro atoms. The van der Waals surface area contributed by atoms with Crippen LogP contribution in [-0.4, -0.2) is 22.9 Å². The minimum Gasteiger partial charge on any atom is -0.393 e. The average Bonchev–Trinajstić information content (AvgIpc) is 2.28. The Hall–Kier alpha value is -1.49. The van der Waals surface area contributed by atoms with Gasteiger partial charge in [-0.3, -0.25) is 9.69 Å². The van der Waals surface area contributed by atoms with Crippen LogP contribution in [-0.2, 0) is 4.79 Å². The Bertz CT molecular complexity index is 405. The van der Waals surface area contributed by atoms with Gasteiger partial charge in [0.05, 0.1) is 10.9 Å². The fourth-order valence-electron chi connectivity index (χ4n) is 1.61. The minimum absolute atomic E-state index is 0.0752. The highest BCUT2D eigenvalue weighted by molar-refractivity contribution is 7.80. The molecule has 0 bridgehead atoms. The Balaban J connectivity index is 2.92. The highest BCUT2D eigenvalue weighted by atomic mass is 32.1. The number of rotatable bonds is 4. The molecule has 1 aromatic heterocycles. The van der Waals surface area contributed by atoms with Gasteiger partial charge in [-0.15, -0.1) is 0 Å². The molecular formula is C12H17N3OS. The fourth-order valence-corrected chi connectivity index (χ4v) is 1.98. The molecule has 1 rings (SSSR count). The lowest BCUT2D eigenvalue weighted by Crippen LogP contribution is -2.42. The molecular weight excluding hydrogens is 234 g/mol. The van der Waals surface area contributed by atoms with E-state index < -0.39 is 5.92 Å². The summed E-state index contributed by atoms with van der Waals surface area (Å²) in [5.41, 5.74) is 5.62. The van der Waals surface area contributed by atoms with Crippen molar-refractivity contribution in [1.29, 1.82) is 0 Å². The van der Waals surface area contributed by atoms with Crippen molar-refractivity contribution < 1.29 is 4.79 Å². The Morgan fingerprint density at radius 1 is 1.47 bits per heavy atom. The molecule has 1 unspecified atom stereocenters. The molecule has 0 saturated carbocycles. The van der Waals surface area contributed by atoms with Crippen LogP contribution >= 0.6 is 12.2 Å². The fraction of sp³-hybridized carbons (Fsp3) is 0.417. The van der Waals surface area contributed by atoms with Crippen LogP contribution in [0.1, 0.15) is 13.8 Å². The summed E-state index contributed by atoms with van der Waals surface area (Å²) >= 11 is 4.95. The van der Waals surface area contributed by atoms with E-state index in [2.05, 4.69) is 4.98 Å². The molecule has 92 valence electrons. The number of carbonyl (C=O) groups excluding carboxylic acids is 1. The summed E-state index contributed by atoms with van der Waals surface area (Å²) in [6.45, 7) is 3.85. The quantitative estimate of drug-likeness (QED) is 0.826. The summed E-state index contributed by atoms with van der Waals surface area (Å²) in [6.07, 6.45) is 1.64. The van der Waals surface area contributed by atoms with Crippen LogP contribution in [0.15, 0.2) is 24.4 Å². The molecule has 4 nitrogen and oxygen atoms in total. The molecule has 2 N–H and O–H groups in total. The second-order valence-electron chi connectivity index (χ2n) is 4.21.